The molecule has 21 heavy (non-hydrogen) atoms. The number of likely N-dealkylation sites (tertiary alicyclic amines) is 1. The first-order chi connectivity index (χ1) is 10.1. The van der Waals surface area contributed by atoms with Crippen molar-refractivity contribution in [2.24, 2.45) is 5.92 Å². The van der Waals surface area contributed by atoms with E-state index in [1.165, 1.54) is 18.2 Å². The van der Waals surface area contributed by atoms with Gasteiger partial charge in [-0.3, -0.25) is 4.79 Å². The molecular weight excluding hydrogens is 293 g/mol. The number of anilines is 1. The molecule has 1 aromatic rings. The average Bonchev–Trinajstić information content (AvgIpc) is 2.49. The van der Waals surface area contributed by atoms with Crippen molar-refractivity contribution in [1.29, 1.82) is 5.26 Å². The van der Waals surface area contributed by atoms with Gasteiger partial charge in [-0.25, -0.2) is 4.39 Å². The van der Waals surface area contributed by atoms with E-state index >= 15 is 0 Å². The Balaban J connectivity index is 1.79. The number of nitrogens with zero attached hydrogens (tertiary/aromatic N) is 2. The summed E-state index contributed by atoms with van der Waals surface area (Å²) in [6.07, 6.45) is 2.27. The zero-order chi connectivity index (χ0) is 15.2. The molecule has 1 saturated heterocycles. The molecule has 1 aliphatic rings. The summed E-state index contributed by atoms with van der Waals surface area (Å²) < 4.78 is 13.0. The molecule has 1 fully saturated rings. The minimum Gasteiger partial charge on any atom is -0.326 e. The molecule has 0 saturated carbocycles. The highest BCUT2D eigenvalue weighted by molar-refractivity contribution is 6.31. The Morgan fingerprint density at radius 2 is 2.38 bits per heavy atom. The van der Waals surface area contributed by atoms with Gasteiger partial charge in [0.05, 0.1) is 17.0 Å². The molecule has 1 amide bonds. The van der Waals surface area contributed by atoms with Crippen LogP contribution in [0.15, 0.2) is 18.2 Å². The van der Waals surface area contributed by atoms with E-state index in [0.717, 1.165) is 25.9 Å². The van der Waals surface area contributed by atoms with Crippen LogP contribution in [0.25, 0.3) is 0 Å². The van der Waals surface area contributed by atoms with E-state index in [2.05, 4.69) is 16.3 Å². The van der Waals surface area contributed by atoms with Gasteiger partial charge < -0.3 is 10.2 Å². The van der Waals surface area contributed by atoms with Crippen molar-refractivity contribution in [2.75, 3.05) is 25.0 Å². The largest absolute Gasteiger partial charge is 0.326 e. The Labute approximate surface area is 128 Å². The van der Waals surface area contributed by atoms with Gasteiger partial charge in [-0.15, -0.1) is 0 Å². The second-order valence-corrected chi connectivity index (χ2v) is 5.60. The quantitative estimate of drug-likeness (QED) is 0.930. The molecule has 0 bridgehead atoms. The Kier molecular flexibility index (Phi) is 5.54. The Morgan fingerprint density at radius 3 is 3.10 bits per heavy atom. The molecule has 0 spiro atoms. The molecule has 4 nitrogen and oxygen atoms in total. The van der Waals surface area contributed by atoms with Crippen molar-refractivity contribution in [2.45, 2.75) is 19.3 Å². The summed E-state index contributed by atoms with van der Waals surface area (Å²) in [5.74, 6) is -0.583. The molecule has 1 aliphatic heterocycles. The second-order valence-electron chi connectivity index (χ2n) is 5.20. The number of carbonyl (C=O) groups is 1. The van der Waals surface area contributed by atoms with Crippen LogP contribution in [-0.2, 0) is 4.79 Å². The van der Waals surface area contributed by atoms with Crippen molar-refractivity contribution in [3.05, 3.63) is 29.0 Å². The number of benzene rings is 1. The van der Waals surface area contributed by atoms with E-state index in [-0.39, 0.29) is 16.8 Å². The van der Waals surface area contributed by atoms with E-state index < -0.39 is 5.82 Å². The number of halogens is 2. The molecule has 6 heteroatoms. The summed E-state index contributed by atoms with van der Waals surface area (Å²) in [5, 5.41) is 11.6. The van der Waals surface area contributed by atoms with Crippen LogP contribution in [0.3, 0.4) is 0 Å². The maximum atomic E-state index is 13.0. The molecule has 112 valence electrons. The lowest BCUT2D eigenvalue weighted by molar-refractivity contribution is -0.116. The van der Waals surface area contributed by atoms with E-state index in [0.29, 0.717) is 18.7 Å². The predicted molar refractivity (Wildman–Crippen MR) is 79.4 cm³/mol. The van der Waals surface area contributed by atoms with Gasteiger partial charge in [-0.05, 0) is 37.6 Å². The molecule has 2 rings (SSSR count). The number of rotatable bonds is 4. The second kappa shape index (κ2) is 7.39. The fraction of sp³-hybridized carbons (Fsp3) is 0.467. The van der Waals surface area contributed by atoms with Gasteiger partial charge >= 0.3 is 0 Å². The lowest BCUT2D eigenvalue weighted by Gasteiger charge is -2.29. The van der Waals surface area contributed by atoms with Crippen LogP contribution in [-0.4, -0.2) is 30.4 Å². The summed E-state index contributed by atoms with van der Waals surface area (Å²) in [7, 11) is 0. The van der Waals surface area contributed by atoms with Gasteiger partial charge in [0.15, 0.2) is 0 Å². The number of carbonyl (C=O) groups excluding carboxylic acids is 1. The Hall–Kier alpha value is -1.64. The van der Waals surface area contributed by atoms with Crippen LogP contribution >= 0.6 is 11.6 Å². The van der Waals surface area contributed by atoms with E-state index in [1.807, 2.05) is 0 Å². The zero-order valence-corrected chi connectivity index (χ0v) is 12.4. The monoisotopic (exact) mass is 309 g/mol. The first-order valence-corrected chi connectivity index (χ1v) is 7.33. The Bertz CT molecular complexity index is 558. The summed E-state index contributed by atoms with van der Waals surface area (Å²) in [4.78, 5) is 14.0. The van der Waals surface area contributed by atoms with Crippen LogP contribution in [0, 0.1) is 23.1 Å². The van der Waals surface area contributed by atoms with E-state index in [4.69, 9.17) is 16.9 Å². The first-order valence-electron chi connectivity index (χ1n) is 6.95. The van der Waals surface area contributed by atoms with Crippen molar-refractivity contribution < 1.29 is 9.18 Å². The van der Waals surface area contributed by atoms with Gasteiger partial charge in [0.25, 0.3) is 0 Å². The minimum atomic E-state index is -0.509. The molecular formula is C15H17ClFN3O. The SMILES string of the molecule is N#CC1CCCN(CCC(=O)Nc2ccc(F)c(Cl)c2)C1. The number of nitrogens with one attached hydrogen (secondary N) is 1. The summed E-state index contributed by atoms with van der Waals surface area (Å²) in [6, 6.07) is 6.37. The number of hydrogen-bond donors (Lipinski definition) is 1. The van der Waals surface area contributed by atoms with E-state index in [9.17, 15) is 9.18 Å². The highest BCUT2D eigenvalue weighted by Gasteiger charge is 2.19. The highest BCUT2D eigenvalue weighted by Crippen LogP contribution is 2.20. The molecule has 1 N–H and O–H groups in total. The number of piperidine rings is 1. The number of hydrogen-bond acceptors (Lipinski definition) is 3. The summed E-state index contributed by atoms with van der Waals surface area (Å²) >= 11 is 5.66. The maximum Gasteiger partial charge on any atom is 0.225 e. The van der Waals surface area contributed by atoms with Crippen LogP contribution < -0.4 is 5.32 Å². The molecule has 0 aliphatic carbocycles. The Morgan fingerprint density at radius 1 is 1.57 bits per heavy atom. The van der Waals surface area contributed by atoms with E-state index in [1.54, 1.807) is 0 Å². The average molecular weight is 310 g/mol. The fourth-order valence-electron chi connectivity index (χ4n) is 2.42. The molecule has 1 aromatic carbocycles. The molecule has 1 atom stereocenters. The first kappa shape index (κ1) is 15.7. The normalized spacial score (nSPS) is 19.0. The van der Waals surface area contributed by atoms with Crippen molar-refractivity contribution in [3.63, 3.8) is 0 Å². The topological polar surface area (TPSA) is 56.1 Å². The van der Waals surface area contributed by atoms with Crippen molar-refractivity contribution in [1.82, 2.24) is 4.90 Å². The van der Waals surface area contributed by atoms with Crippen molar-refractivity contribution >= 4 is 23.2 Å². The highest BCUT2D eigenvalue weighted by atomic mass is 35.5. The smallest absolute Gasteiger partial charge is 0.225 e. The molecule has 0 radical (unpaired) electrons. The third kappa shape index (κ3) is 4.69. The van der Waals surface area contributed by atoms with Gasteiger partial charge in [0.1, 0.15) is 5.82 Å². The number of amides is 1. The molecule has 0 aromatic heterocycles. The van der Waals surface area contributed by atoms with Crippen LogP contribution in [0.1, 0.15) is 19.3 Å². The van der Waals surface area contributed by atoms with Crippen LogP contribution in [0.5, 0.6) is 0 Å². The third-order valence-electron chi connectivity index (χ3n) is 3.55. The van der Waals surface area contributed by atoms with Gasteiger partial charge in [0.2, 0.25) is 5.91 Å². The molecule has 1 unspecified atom stereocenters. The fourth-order valence-corrected chi connectivity index (χ4v) is 2.60. The minimum absolute atomic E-state index is 0.0132. The third-order valence-corrected chi connectivity index (χ3v) is 3.84. The summed E-state index contributed by atoms with van der Waals surface area (Å²) in [6.45, 7) is 2.28. The zero-order valence-electron chi connectivity index (χ0n) is 11.6. The molecule has 1 heterocycles. The number of nitriles is 1. The standard InChI is InChI=1S/C15H17ClFN3O/c16-13-8-12(3-4-14(13)17)19-15(21)5-7-20-6-1-2-11(9-18)10-20/h3-4,8,11H,1-2,5-7,10H2,(H,19,21). The lowest BCUT2D eigenvalue weighted by atomic mass is 10.00. The maximum absolute atomic E-state index is 13.0. The van der Waals surface area contributed by atoms with Gasteiger partial charge in [0, 0.05) is 25.2 Å². The summed E-state index contributed by atoms with van der Waals surface area (Å²) in [5.41, 5.74) is 0.486. The van der Waals surface area contributed by atoms with Crippen LogP contribution in [0.2, 0.25) is 5.02 Å². The van der Waals surface area contributed by atoms with Gasteiger partial charge in [-0.1, -0.05) is 11.6 Å². The lowest BCUT2D eigenvalue weighted by Crippen LogP contribution is -2.36. The van der Waals surface area contributed by atoms with Crippen molar-refractivity contribution in [3.8, 4) is 6.07 Å². The predicted octanol–water partition coefficient (Wildman–Crippen LogP) is 3.04. The van der Waals surface area contributed by atoms with Crippen LogP contribution in [0.4, 0.5) is 10.1 Å². The van der Waals surface area contributed by atoms with Gasteiger partial charge in [-0.2, -0.15) is 5.26 Å².